The zero-order valence-electron chi connectivity index (χ0n) is 12.1. The topological polar surface area (TPSA) is 59.0 Å². The second-order valence-electron chi connectivity index (χ2n) is 5.57. The first-order chi connectivity index (χ1) is 10.3. The van der Waals surface area contributed by atoms with E-state index in [1.165, 1.54) is 17.5 Å². The van der Waals surface area contributed by atoms with Crippen LogP contribution in [0.1, 0.15) is 17.5 Å². The lowest BCUT2D eigenvalue weighted by Crippen LogP contribution is -2.51. The minimum Gasteiger partial charge on any atom is -0.484 e. The van der Waals surface area contributed by atoms with Crippen LogP contribution in [0, 0.1) is 0 Å². The van der Waals surface area contributed by atoms with E-state index >= 15 is 0 Å². The lowest BCUT2D eigenvalue weighted by atomic mass is 10.1. The number of fused-ring (bicyclic) bond motifs is 1. The fraction of sp³-hybridized carbons (Fsp3) is 0.562. The first-order valence-electron chi connectivity index (χ1n) is 7.50. The summed E-state index contributed by atoms with van der Waals surface area (Å²) in [6, 6.07) is 5.81. The molecule has 1 aromatic carbocycles. The van der Waals surface area contributed by atoms with Crippen molar-refractivity contribution in [2.45, 2.75) is 25.3 Å². The van der Waals surface area contributed by atoms with Crippen molar-refractivity contribution in [3.05, 3.63) is 29.3 Å². The maximum Gasteiger partial charge on any atom is 0.260 e. The number of hydrogen-bond donors (Lipinski definition) is 1. The first-order valence-corrected chi connectivity index (χ1v) is 7.50. The average molecular weight is 291 g/mol. The van der Waals surface area contributed by atoms with Crippen LogP contribution in [0.5, 0.6) is 5.75 Å². The second kappa shape index (κ2) is 6.45. The van der Waals surface area contributed by atoms with Crippen molar-refractivity contribution < 1.29 is 19.4 Å². The molecule has 1 atom stereocenters. The molecule has 1 heterocycles. The molecule has 0 saturated carbocycles. The van der Waals surface area contributed by atoms with E-state index in [0.29, 0.717) is 19.8 Å². The Labute approximate surface area is 124 Å². The van der Waals surface area contributed by atoms with Gasteiger partial charge in [-0.1, -0.05) is 6.07 Å². The van der Waals surface area contributed by atoms with Crippen LogP contribution < -0.4 is 4.74 Å². The highest BCUT2D eigenvalue weighted by Gasteiger charge is 2.26. The summed E-state index contributed by atoms with van der Waals surface area (Å²) in [7, 11) is 0. The SMILES string of the molecule is O=C(COc1ccc2c(c1)CCC2)N1CCOCC1CO. The molecular formula is C16H21NO4. The van der Waals surface area contributed by atoms with E-state index in [2.05, 4.69) is 6.07 Å². The van der Waals surface area contributed by atoms with Gasteiger partial charge < -0.3 is 19.5 Å². The molecule has 0 aromatic heterocycles. The molecule has 2 aliphatic rings. The molecular weight excluding hydrogens is 270 g/mol. The molecule has 0 bridgehead atoms. The van der Waals surface area contributed by atoms with Crippen LogP contribution in [-0.2, 0) is 22.4 Å². The maximum atomic E-state index is 12.2. The van der Waals surface area contributed by atoms with Crippen molar-refractivity contribution in [3.8, 4) is 5.75 Å². The average Bonchev–Trinajstić information content (AvgIpc) is 3.00. The number of aliphatic hydroxyl groups excluding tert-OH is 1. The van der Waals surface area contributed by atoms with Gasteiger partial charge in [0.2, 0.25) is 0 Å². The predicted molar refractivity (Wildman–Crippen MR) is 77.4 cm³/mol. The molecule has 0 radical (unpaired) electrons. The quantitative estimate of drug-likeness (QED) is 0.890. The molecule has 5 nitrogen and oxygen atoms in total. The van der Waals surface area contributed by atoms with Gasteiger partial charge >= 0.3 is 0 Å². The molecule has 1 aromatic rings. The highest BCUT2D eigenvalue weighted by molar-refractivity contribution is 5.78. The zero-order chi connectivity index (χ0) is 14.7. The number of aryl methyl sites for hydroxylation is 2. The molecule has 1 amide bonds. The molecule has 1 saturated heterocycles. The van der Waals surface area contributed by atoms with Crippen molar-refractivity contribution in [2.24, 2.45) is 0 Å². The number of ether oxygens (including phenoxy) is 2. The molecule has 1 N–H and O–H groups in total. The number of nitrogens with zero attached hydrogens (tertiary/aromatic N) is 1. The third-order valence-corrected chi connectivity index (χ3v) is 4.19. The predicted octanol–water partition coefficient (Wildman–Crippen LogP) is 0.774. The van der Waals surface area contributed by atoms with Gasteiger partial charge in [-0.15, -0.1) is 0 Å². The Bertz CT molecular complexity index is 517. The van der Waals surface area contributed by atoms with Gasteiger partial charge in [-0.25, -0.2) is 0 Å². The third kappa shape index (κ3) is 3.19. The summed E-state index contributed by atoms with van der Waals surface area (Å²) in [5, 5.41) is 9.29. The Hall–Kier alpha value is -1.59. The van der Waals surface area contributed by atoms with E-state index in [9.17, 15) is 9.90 Å². The van der Waals surface area contributed by atoms with Crippen LogP contribution in [0.4, 0.5) is 0 Å². The molecule has 1 unspecified atom stereocenters. The van der Waals surface area contributed by atoms with Crippen molar-refractivity contribution in [3.63, 3.8) is 0 Å². The number of carbonyl (C=O) groups excluding carboxylic acids is 1. The van der Waals surface area contributed by atoms with E-state index in [1.807, 2.05) is 12.1 Å². The zero-order valence-corrected chi connectivity index (χ0v) is 12.1. The fourth-order valence-corrected chi connectivity index (χ4v) is 3.00. The largest absolute Gasteiger partial charge is 0.484 e. The number of rotatable bonds is 4. The van der Waals surface area contributed by atoms with Gasteiger partial charge in [0.1, 0.15) is 5.75 Å². The van der Waals surface area contributed by atoms with Crippen LogP contribution in [0.15, 0.2) is 18.2 Å². The summed E-state index contributed by atoms with van der Waals surface area (Å²) >= 11 is 0. The number of benzene rings is 1. The van der Waals surface area contributed by atoms with E-state index in [4.69, 9.17) is 9.47 Å². The highest BCUT2D eigenvalue weighted by atomic mass is 16.5. The van der Waals surface area contributed by atoms with Crippen molar-refractivity contribution in [1.82, 2.24) is 4.90 Å². The van der Waals surface area contributed by atoms with Crippen molar-refractivity contribution in [2.75, 3.05) is 33.0 Å². The van der Waals surface area contributed by atoms with Crippen LogP contribution in [0.25, 0.3) is 0 Å². The smallest absolute Gasteiger partial charge is 0.260 e. The Morgan fingerprint density at radius 2 is 2.24 bits per heavy atom. The number of amides is 1. The van der Waals surface area contributed by atoms with Gasteiger partial charge in [-0.3, -0.25) is 4.79 Å². The van der Waals surface area contributed by atoms with Gasteiger partial charge in [-0.2, -0.15) is 0 Å². The van der Waals surface area contributed by atoms with Gasteiger partial charge in [0.25, 0.3) is 5.91 Å². The van der Waals surface area contributed by atoms with Gasteiger partial charge in [0.05, 0.1) is 25.9 Å². The first kappa shape index (κ1) is 14.4. The summed E-state index contributed by atoms with van der Waals surface area (Å²) in [4.78, 5) is 13.9. The minimum absolute atomic E-state index is 0.00921. The maximum absolute atomic E-state index is 12.2. The van der Waals surface area contributed by atoms with E-state index in [-0.39, 0.29) is 25.2 Å². The number of aliphatic hydroxyl groups is 1. The van der Waals surface area contributed by atoms with Gasteiger partial charge in [0.15, 0.2) is 6.61 Å². The Balaban J connectivity index is 1.58. The van der Waals surface area contributed by atoms with Gasteiger partial charge in [-0.05, 0) is 42.5 Å². The number of morpholine rings is 1. The second-order valence-corrected chi connectivity index (χ2v) is 5.57. The van der Waals surface area contributed by atoms with Crippen LogP contribution in [-0.4, -0.2) is 54.9 Å². The molecule has 1 aliphatic heterocycles. The Morgan fingerprint density at radius 1 is 1.38 bits per heavy atom. The van der Waals surface area contributed by atoms with E-state index < -0.39 is 0 Å². The molecule has 21 heavy (non-hydrogen) atoms. The van der Waals surface area contributed by atoms with Crippen molar-refractivity contribution in [1.29, 1.82) is 0 Å². The molecule has 1 fully saturated rings. The normalized spacial score (nSPS) is 21.2. The summed E-state index contributed by atoms with van der Waals surface area (Å²) < 4.78 is 10.9. The number of carbonyl (C=O) groups is 1. The fourth-order valence-electron chi connectivity index (χ4n) is 3.00. The standard InChI is InChI=1S/C16H21NO4/c18-9-14-10-20-7-6-17(14)16(19)11-21-15-5-4-12-2-1-3-13(12)8-15/h4-5,8,14,18H,1-3,6-7,9-11H2. The lowest BCUT2D eigenvalue weighted by Gasteiger charge is -2.34. The molecule has 1 aliphatic carbocycles. The van der Waals surface area contributed by atoms with Crippen LogP contribution in [0.2, 0.25) is 0 Å². The van der Waals surface area contributed by atoms with Crippen molar-refractivity contribution >= 4 is 5.91 Å². The molecule has 5 heteroatoms. The summed E-state index contributed by atoms with van der Waals surface area (Å²) in [5.41, 5.74) is 2.72. The Morgan fingerprint density at radius 3 is 3.10 bits per heavy atom. The van der Waals surface area contributed by atoms with E-state index in [1.54, 1.807) is 4.90 Å². The summed E-state index contributed by atoms with van der Waals surface area (Å²) in [5.74, 6) is 0.649. The number of hydrogen-bond acceptors (Lipinski definition) is 4. The van der Waals surface area contributed by atoms with Crippen LogP contribution in [0.3, 0.4) is 0 Å². The third-order valence-electron chi connectivity index (χ3n) is 4.19. The van der Waals surface area contributed by atoms with Gasteiger partial charge in [0, 0.05) is 6.54 Å². The highest BCUT2D eigenvalue weighted by Crippen LogP contribution is 2.26. The minimum atomic E-state index is -0.255. The molecule has 3 rings (SSSR count). The summed E-state index contributed by atoms with van der Waals surface area (Å²) in [6.07, 6.45) is 3.43. The molecule has 114 valence electrons. The Kier molecular flexibility index (Phi) is 4.41. The molecule has 0 spiro atoms. The monoisotopic (exact) mass is 291 g/mol. The van der Waals surface area contributed by atoms with E-state index in [0.717, 1.165) is 18.6 Å². The van der Waals surface area contributed by atoms with Crippen LogP contribution >= 0.6 is 0 Å². The summed E-state index contributed by atoms with van der Waals surface area (Å²) in [6.45, 7) is 1.35. The lowest BCUT2D eigenvalue weighted by molar-refractivity contribution is -0.143.